The van der Waals surface area contributed by atoms with E-state index in [2.05, 4.69) is 51.2 Å². The highest BCUT2D eigenvalue weighted by molar-refractivity contribution is 6.31. The summed E-state index contributed by atoms with van der Waals surface area (Å²) in [6.07, 6.45) is 1.72. The fourth-order valence-corrected chi connectivity index (χ4v) is 12.2. The highest BCUT2D eigenvalue weighted by Gasteiger charge is 2.23. The predicted octanol–water partition coefficient (Wildman–Crippen LogP) is 19.5. The van der Waals surface area contributed by atoms with Crippen LogP contribution in [-0.4, -0.2) is 71.4 Å². The minimum atomic E-state index is -0.314. The maximum absolute atomic E-state index is 13.3. The molecule has 16 nitrogen and oxygen atoms in total. The number of carbonyl (C=O) groups excluding carboxylic acids is 5. The first-order chi connectivity index (χ1) is 51.5. The zero-order valence-corrected chi connectivity index (χ0v) is 60.3. The van der Waals surface area contributed by atoms with Crippen LogP contribution in [0.1, 0.15) is 151 Å². The third-order valence-corrected chi connectivity index (χ3v) is 18.4. The van der Waals surface area contributed by atoms with Gasteiger partial charge in [0.1, 0.15) is 51.7 Å². The predicted molar refractivity (Wildman–Crippen MR) is 415 cm³/mol. The van der Waals surface area contributed by atoms with Gasteiger partial charge in [-0.3, -0.25) is 29.0 Å². The number of amides is 5. The van der Waals surface area contributed by atoms with Gasteiger partial charge in [0, 0.05) is 72.8 Å². The molecule has 5 atom stereocenters. The van der Waals surface area contributed by atoms with Crippen molar-refractivity contribution >= 4 is 95.7 Å². The Labute approximate surface area is 620 Å². The Morgan fingerprint density at radius 2 is 0.766 bits per heavy atom. The number of nitrogens with zero attached hydrogens (tertiary/aromatic N) is 2. The van der Waals surface area contributed by atoms with Crippen molar-refractivity contribution in [1.82, 2.24) is 56.1 Å². The Morgan fingerprint density at radius 3 is 1.28 bits per heavy atom. The summed E-state index contributed by atoms with van der Waals surface area (Å²) < 4.78 is 52.7. The van der Waals surface area contributed by atoms with Crippen LogP contribution in [0.15, 0.2) is 261 Å². The summed E-state index contributed by atoms with van der Waals surface area (Å²) in [4.78, 5) is 83.1. The van der Waals surface area contributed by atoms with E-state index >= 15 is 0 Å². The lowest BCUT2D eigenvalue weighted by atomic mass is 10.1. The van der Waals surface area contributed by atoms with Gasteiger partial charge in [-0.05, 0) is 197 Å². The van der Waals surface area contributed by atoms with Gasteiger partial charge in [0.05, 0.1) is 35.9 Å². The lowest BCUT2D eigenvalue weighted by Gasteiger charge is -2.24. The molecule has 0 aliphatic carbocycles. The summed E-state index contributed by atoms with van der Waals surface area (Å²) in [5.41, 5.74) is 12.1. The van der Waals surface area contributed by atoms with Gasteiger partial charge in [-0.15, -0.1) is 0 Å². The highest BCUT2D eigenvalue weighted by atomic mass is 35.5. The van der Waals surface area contributed by atoms with E-state index in [-0.39, 0.29) is 83.0 Å². The van der Waals surface area contributed by atoms with E-state index in [4.69, 9.17) is 11.6 Å². The second kappa shape index (κ2) is 34.6. The maximum atomic E-state index is 13.3. The number of fused-ring (bicyclic) bond motifs is 5. The van der Waals surface area contributed by atoms with Crippen molar-refractivity contribution in [2.45, 2.75) is 71.8 Å². The number of hydrogen-bond donors (Lipinski definition) is 9. The van der Waals surface area contributed by atoms with Crippen molar-refractivity contribution in [2.75, 3.05) is 7.05 Å². The van der Waals surface area contributed by atoms with Crippen LogP contribution < -0.4 is 21.3 Å². The summed E-state index contributed by atoms with van der Waals surface area (Å²) in [7, 11) is 1.77. The molecule has 21 heteroatoms. The molecule has 6 heterocycles. The van der Waals surface area contributed by atoms with Crippen LogP contribution in [0.3, 0.4) is 0 Å². The summed E-state index contributed by atoms with van der Waals surface area (Å²) in [5.74, 6) is -2.08. The van der Waals surface area contributed by atoms with Crippen LogP contribution >= 0.6 is 11.6 Å². The van der Waals surface area contributed by atoms with Gasteiger partial charge in [-0.2, -0.15) is 0 Å². The Hall–Kier alpha value is -12.8. The molecule has 0 fully saturated rings. The second-order valence-electron chi connectivity index (χ2n) is 25.7. The van der Waals surface area contributed by atoms with Gasteiger partial charge in [-0.25, -0.2) is 17.6 Å². The van der Waals surface area contributed by atoms with Crippen molar-refractivity contribution in [3.05, 3.63) is 351 Å². The lowest BCUT2D eigenvalue weighted by molar-refractivity contribution is 0.0736. The number of aromatic amines is 5. The van der Waals surface area contributed by atoms with E-state index in [0.29, 0.717) is 44.3 Å². The number of halogens is 5. The molecule has 0 spiro atoms. The number of nitrogens with one attached hydrogen (secondary N) is 9. The van der Waals surface area contributed by atoms with Gasteiger partial charge >= 0.3 is 0 Å². The Morgan fingerprint density at radius 1 is 0.374 bits per heavy atom. The zero-order valence-electron chi connectivity index (χ0n) is 59.5. The number of aryl methyl sites for hydroxylation is 1. The van der Waals surface area contributed by atoms with E-state index in [1.807, 2.05) is 187 Å². The van der Waals surface area contributed by atoms with E-state index in [1.165, 1.54) is 48.5 Å². The molecule has 0 aliphatic heterocycles. The number of rotatable bonds is 15. The van der Waals surface area contributed by atoms with Gasteiger partial charge in [-0.1, -0.05) is 139 Å². The third-order valence-electron chi connectivity index (χ3n) is 18.2. The fourth-order valence-electron chi connectivity index (χ4n) is 12.0. The van der Waals surface area contributed by atoms with Crippen molar-refractivity contribution < 1.29 is 41.5 Å². The van der Waals surface area contributed by atoms with Crippen LogP contribution in [0.2, 0.25) is 5.02 Å². The number of aromatic nitrogens is 6. The number of benzene rings is 9. The Kier molecular flexibility index (Phi) is 24.4. The van der Waals surface area contributed by atoms with Crippen LogP contribution in [0.25, 0.3) is 54.5 Å². The van der Waals surface area contributed by atoms with Crippen LogP contribution in [0, 0.1) is 30.2 Å². The molecule has 0 bridgehead atoms. The molecule has 0 aliphatic rings. The molecule has 542 valence electrons. The summed E-state index contributed by atoms with van der Waals surface area (Å²) in [6, 6.07) is 74.0. The number of para-hydroxylation sites is 1. The topological polar surface area (TPSA) is 229 Å². The van der Waals surface area contributed by atoms with Crippen molar-refractivity contribution in [3.63, 3.8) is 0 Å². The van der Waals surface area contributed by atoms with E-state index in [9.17, 15) is 41.5 Å². The standard InChI is InChI=1S/2C18H17FN2O.C17H14ClFN2O.C17H15FN2O.C16H15N3O/c1-12(13-6-4-3-5-7-13)21(2)18(22)17-11-14-10-15(19)8-9-16(14)20-17;1-11-15-10-14(19)8-9-16(15)21-17(11)18(22)20-12(2)13-6-4-3-5-7-13;1-10(11-2-5-14(19)6-3-11)20-17(22)16-9-12-8-13(18)4-7-15(12)21-16;1-11(12-5-3-2-4-6-12)19-17(21)16-10-13-9-14(18)7-8-15(13)20-16;1-11(13-7-4-5-9-17-13)18-16(20)15-10-12-6-2-3-8-14(12)19-15/h3-12,20H,1-2H3;3-10,12,21H,1-2H3,(H,20,22);2-10,21H,1H3,(H,20,22);2-11,20H,1H3,(H,19,21);2-11,19H,1H3,(H,18,20)/t2*12-;;11-;/m11.0./s1. The van der Waals surface area contributed by atoms with Crippen molar-refractivity contribution in [3.8, 4) is 0 Å². The van der Waals surface area contributed by atoms with Crippen LogP contribution in [0.5, 0.6) is 0 Å². The molecule has 15 aromatic rings. The number of hydrogen-bond acceptors (Lipinski definition) is 6. The average molecular weight is 1460 g/mol. The maximum Gasteiger partial charge on any atom is 0.270 e. The summed E-state index contributed by atoms with van der Waals surface area (Å²) >= 11 is 5.94. The molecule has 15 rings (SSSR count). The normalized spacial score (nSPS) is 12.3. The number of H-pyrrole nitrogens is 5. The summed E-state index contributed by atoms with van der Waals surface area (Å²) in [6.45, 7) is 11.4. The smallest absolute Gasteiger partial charge is 0.270 e. The van der Waals surface area contributed by atoms with E-state index < -0.39 is 0 Å². The Balaban J connectivity index is 0.000000133. The summed E-state index contributed by atoms with van der Waals surface area (Å²) in [5, 5.41) is 16.4. The van der Waals surface area contributed by atoms with Gasteiger partial charge < -0.3 is 51.1 Å². The van der Waals surface area contributed by atoms with Crippen molar-refractivity contribution in [2.24, 2.45) is 0 Å². The molecular weight excluding hydrogens is 1380 g/mol. The van der Waals surface area contributed by atoms with Gasteiger partial charge in [0.2, 0.25) is 0 Å². The third kappa shape index (κ3) is 19.3. The largest absolute Gasteiger partial charge is 0.351 e. The molecular formula is C86H78ClF4N11O5. The first-order valence-electron chi connectivity index (χ1n) is 34.5. The molecule has 5 amide bonds. The number of pyridine rings is 1. The Bertz CT molecular complexity index is 5540. The first kappa shape index (κ1) is 75.4. The molecule has 9 N–H and O–H groups in total. The van der Waals surface area contributed by atoms with Crippen LogP contribution in [-0.2, 0) is 0 Å². The van der Waals surface area contributed by atoms with Crippen molar-refractivity contribution in [1.29, 1.82) is 0 Å². The second-order valence-corrected chi connectivity index (χ2v) is 26.2. The molecule has 9 aromatic carbocycles. The fraction of sp³-hybridized carbons (Fsp3) is 0.140. The number of carbonyl (C=O) groups is 5. The van der Waals surface area contributed by atoms with Crippen LogP contribution in [0.4, 0.5) is 17.6 Å². The molecule has 6 aromatic heterocycles. The molecule has 107 heavy (non-hydrogen) atoms. The minimum Gasteiger partial charge on any atom is -0.351 e. The van der Waals surface area contributed by atoms with E-state index in [1.54, 1.807) is 78.8 Å². The molecule has 2 unspecified atom stereocenters. The first-order valence-corrected chi connectivity index (χ1v) is 34.9. The SMILES string of the molecule is CC(NC(=O)c1cc2cc(Cl)ccc2[nH]1)c1ccc(F)cc1.CC(NC(=O)c1cc2ccccc2[nH]1)c1ccccn1.C[C@H](NC(=O)c1cc2cc(F)ccc2[nH]1)c1ccccc1.C[C@H](c1ccccc1)N(C)C(=O)c1cc2cc(F)ccc2[nH]1.Cc1c(C(=O)N[C@H](C)c2ccccc2)[nH]c2ccc(F)cc12. The average Bonchev–Trinajstić information content (AvgIpc) is 1.63. The molecule has 0 saturated carbocycles. The van der Waals surface area contributed by atoms with Gasteiger partial charge in [0.15, 0.2) is 0 Å². The lowest BCUT2D eigenvalue weighted by Crippen LogP contribution is -2.29. The van der Waals surface area contributed by atoms with Gasteiger partial charge in [0.25, 0.3) is 29.5 Å². The quantitative estimate of drug-likeness (QED) is 0.0453. The zero-order chi connectivity index (χ0) is 75.8. The minimum absolute atomic E-state index is 0.0446. The molecule has 0 radical (unpaired) electrons. The highest BCUT2D eigenvalue weighted by Crippen LogP contribution is 2.28. The monoisotopic (exact) mass is 1460 g/mol. The molecule has 0 saturated heterocycles. The van der Waals surface area contributed by atoms with E-state index in [0.717, 1.165) is 77.3 Å².